The van der Waals surface area contributed by atoms with E-state index in [0.717, 1.165) is 28.7 Å². The van der Waals surface area contributed by atoms with Crippen LogP contribution in [-0.4, -0.2) is 71.7 Å². The maximum atomic E-state index is 13.3. The lowest BCUT2D eigenvalue weighted by atomic mass is 10.1. The van der Waals surface area contributed by atoms with Crippen molar-refractivity contribution in [2.24, 2.45) is 0 Å². The number of carbonyl (C=O) groups excluding carboxylic acids is 4. The number of hydrogen-bond donors (Lipinski definition) is 0. The number of methoxy groups -OCH3 is 4. The van der Waals surface area contributed by atoms with E-state index in [1.807, 2.05) is 6.92 Å². The van der Waals surface area contributed by atoms with E-state index in [9.17, 15) is 32.3 Å². The molecule has 6 rings (SSSR count). The highest BCUT2D eigenvalue weighted by Gasteiger charge is 2.34. The van der Waals surface area contributed by atoms with Crippen LogP contribution in [0.25, 0.3) is 22.1 Å². The Balaban J connectivity index is 0.000000225. The molecule has 4 heterocycles. The maximum absolute atomic E-state index is 13.3. The molecule has 0 N–H and O–H groups in total. The van der Waals surface area contributed by atoms with Crippen molar-refractivity contribution in [1.82, 2.24) is 19.1 Å². The molecule has 0 aliphatic carbocycles. The van der Waals surface area contributed by atoms with Gasteiger partial charge in [0.15, 0.2) is 11.3 Å². The van der Waals surface area contributed by atoms with Crippen molar-refractivity contribution in [3.63, 3.8) is 0 Å². The molecule has 0 saturated heterocycles. The molecule has 0 amide bonds. The zero-order valence-corrected chi connectivity index (χ0v) is 35.4. The van der Waals surface area contributed by atoms with Crippen molar-refractivity contribution >= 4 is 104 Å². The minimum atomic E-state index is -4.70. The van der Waals surface area contributed by atoms with Gasteiger partial charge in [-0.2, -0.15) is 13.2 Å². The zero-order chi connectivity index (χ0) is 43.7. The second kappa shape index (κ2) is 18.1. The largest absolute Gasteiger partial charge is 0.465 e. The maximum Gasteiger partial charge on any atom is 0.433 e. The van der Waals surface area contributed by atoms with E-state index < -0.39 is 36.0 Å². The summed E-state index contributed by atoms with van der Waals surface area (Å²) in [5.41, 5.74) is 1.87. The van der Waals surface area contributed by atoms with Crippen molar-refractivity contribution in [3.05, 3.63) is 124 Å². The Morgan fingerprint density at radius 2 is 1.02 bits per heavy atom. The average molecular weight is 917 g/mol. The number of aromatic nitrogens is 4. The number of ether oxygens (including phenoxy) is 4. The molecule has 0 fully saturated rings. The Kier molecular flexibility index (Phi) is 13.8. The fourth-order valence-electron chi connectivity index (χ4n) is 6.14. The molecule has 0 radical (unpaired) electrons. The molecular weight excluding hydrogens is 887 g/mol. The second-order valence-electron chi connectivity index (χ2n) is 12.6. The lowest BCUT2D eigenvalue weighted by Gasteiger charge is -2.13. The van der Waals surface area contributed by atoms with Crippen molar-refractivity contribution < 1.29 is 51.3 Å². The van der Waals surface area contributed by atoms with E-state index in [2.05, 4.69) is 14.7 Å². The fourth-order valence-corrected chi connectivity index (χ4v) is 7.54. The first-order valence-electron chi connectivity index (χ1n) is 16.8. The first kappa shape index (κ1) is 45.0. The number of rotatable bonds is 6. The summed E-state index contributed by atoms with van der Waals surface area (Å²) >= 11 is 31.4. The van der Waals surface area contributed by atoms with Gasteiger partial charge >= 0.3 is 30.3 Å². The molecule has 0 aliphatic rings. The number of fused-ring (bicyclic) bond motifs is 2. The lowest BCUT2D eigenvalue weighted by molar-refractivity contribution is -0.141. The molecule has 0 unspecified atom stereocenters. The van der Waals surface area contributed by atoms with Gasteiger partial charge in [0.05, 0.1) is 49.6 Å². The van der Waals surface area contributed by atoms with Gasteiger partial charge in [-0.3, -0.25) is 0 Å². The predicted molar refractivity (Wildman–Crippen MR) is 216 cm³/mol. The van der Waals surface area contributed by atoms with Crippen molar-refractivity contribution in [1.29, 1.82) is 0 Å². The van der Waals surface area contributed by atoms with E-state index in [0.29, 0.717) is 27.3 Å². The summed E-state index contributed by atoms with van der Waals surface area (Å²) in [5.74, 6) is -1.27. The monoisotopic (exact) mass is 914 g/mol. The van der Waals surface area contributed by atoms with E-state index in [1.54, 1.807) is 18.2 Å². The average Bonchev–Trinajstić information content (AvgIpc) is 3.75. The number of aryl methyl sites for hydroxylation is 2. The van der Waals surface area contributed by atoms with E-state index in [1.165, 1.54) is 57.1 Å². The van der Waals surface area contributed by atoms with Crippen LogP contribution >= 0.6 is 58.0 Å². The van der Waals surface area contributed by atoms with Crippen LogP contribution < -0.4 is 0 Å². The molecule has 59 heavy (non-hydrogen) atoms. The summed E-state index contributed by atoms with van der Waals surface area (Å²) in [5, 5.41) is 2.02. The Bertz CT molecular complexity index is 2680. The third kappa shape index (κ3) is 9.09. The number of pyridine rings is 2. The van der Waals surface area contributed by atoms with Crippen molar-refractivity contribution in [2.75, 3.05) is 28.4 Å². The van der Waals surface area contributed by atoms with Gasteiger partial charge in [-0.15, -0.1) is 0 Å². The van der Waals surface area contributed by atoms with E-state index in [4.69, 9.17) is 72.2 Å². The van der Waals surface area contributed by atoms with Crippen LogP contribution in [0.3, 0.4) is 0 Å². The van der Waals surface area contributed by atoms with Gasteiger partial charge in [0.1, 0.15) is 10.8 Å². The predicted octanol–water partition coefficient (Wildman–Crippen LogP) is 11.0. The molecular formula is C39H30Cl5F3N4O8. The molecule has 310 valence electrons. The van der Waals surface area contributed by atoms with Crippen LogP contribution in [0.2, 0.25) is 25.2 Å². The zero-order valence-electron chi connectivity index (χ0n) is 31.6. The topological polar surface area (TPSA) is 141 Å². The van der Waals surface area contributed by atoms with Gasteiger partial charge in [0, 0.05) is 45.0 Å². The highest BCUT2D eigenvalue weighted by Crippen LogP contribution is 2.36. The first-order chi connectivity index (χ1) is 27.8. The van der Waals surface area contributed by atoms with Crippen LogP contribution in [0.5, 0.6) is 0 Å². The highest BCUT2D eigenvalue weighted by atomic mass is 35.5. The Morgan fingerprint density at radius 1 is 0.610 bits per heavy atom. The number of benzene rings is 2. The fraction of sp³-hybridized carbons (Fsp3) is 0.231. The normalized spacial score (nSPS) is 11.3. The number of esters is 2. The first-order valence-corrected chi connectivity index (χ1v) is 18.7. The molecule has 0 bridgehead atoms. The molecule has 0 atom stereocenters. The third-order valence-corrected chi connectivity index (χ3v) is 10.7. The summed E-state index contributed by atoms with van der Waals surface area (Å²) in [6.07, 6.45) is -6.20. The molecule has 0 spiro atoms. The smallest absolute Gasteiger partial charge is 0.433 e. The standard InChI is InChI=1S/C20H15Cl2F3N2O4.C19H15Cl3N2O4/c1-9-6-15(20(23,24)25)26-17-12(9)7-10(27(17)19(29)31-3)8-13-14(21)5-4-11(16(13)22)18(28)30-2;1-9-6-15(21)23-17-12(9)7-10(24(17)19(26)28-3)8-13-14(20)5-4-11(16(13)22)18(25)27-2/h4-7H,8H2,1-3H3;4-7H,8H2,1-3H3. The van der Waals surface area contributed by atoms with Crippen LogP contribution in [-0.2, 0) is 38.0 Å². The minimum Gasteiger partial charge on any atom is -0.465 e. The molecule has 12 nitrogen and oxygen atoms in total. The number of halogens is 8. The molecule has 0 saturated carbocycles. The van der Waals surface area contributed by atoms with Crippen LogP contribution in [0.4, 0.5) is 22.8 Å². The Morgan fingerprint density at radius 3 is 1.41 bits per heavy atom. The number of carbonyl (C=O) groups is 4. The van der Waals surface area contributed by atoms with Crippen LogP contribution in [0, 0.1) is 13.8 Å². The van der Waals surface area contributed by atoms with Crippen LogP contribution in [0.15, 0.2) is 48.5 Å². The van der Waals surface area contributed by atoms with Gasteiger partial charge in [-0.1, -0.05) is 58.0 Å². The second-order valence-corrected chi connectivity index (χ2v) is 14.5. The molecule has 4 aromatic heterocycles. The third-order valence-electron chi connectivity index (χ3n) is 8.98. The quantitative estimate of drug-likeness (QED) is 0.0900. The molecule has 20 heteroatoms. The van der Waals surface area contributed by atoms with Gasteiger partial charge < -0.3 is 18.9 Å². The number of nitrogens with zero attached hydrogens (tertiary/aromatic N) is 4. The number of alkyl halides is 3. The van der Waals surface area contributed by atoms with E-state index in [-0.39, 0.29) is 66.7 Å². The summed E-state index contributed by atoms with van der Waals surface area (Å²) < 4.78 is 61.1. The Hall–Kier alpha value is -5.06. The van der Waals surface area contributed by atoms with Crippen LogP contribution in [0.1, 0.15) is 60.1 Å². The van der Waals surface area contributed by atoms with Gasteiger partial charge in [-0.25, -0.2) is 38.3 Å². The summed E-state index contributed by atoms with van der Waals surface area (Å²) in [6.45, 7) is 3.33. The van der Waals surface area contributed by atoms with Gasteiger partial charge in [0.25, 0.3) is 0 Å². The SMILES string of the molecule is COC(=O)c1ccc(Cl)c(Cc2cc3c(C)cc(C(F)(F)F)nc3n2C(=O)OC)c1Cl.COC(=O)c1ccc(Cl)c(Cc2cc3c(C)cc(Cl)nc3n2C(=O)OC)c1Cl. The lowest BCUT2D eigenvalue weighted by Crippen LogP contribution is -2.17. The summed E-state index contributed by atoms with van der Waals surface area (Å²) in [4.78, 5) is 56.7. The Labute approximate surface area is 358 Å². The van der Waals surface area contributed by atoms with Gasteiger partial charge in [0.2, 0.25) is 0 Å². The van der Waals surface area contributed by atoms with Crippen molar-refractivity contribution in [3.8, 4) is 0 Å². The molecule has 0 aliphatic heterocycles. The summed E-state index contributed by atoms with van der Waals surface area (Å²) in [7, 11) is 4.82. The number of hydrogen-bond acceptors (Lipinski definition) is 10. The summed E-state index contributed by atoms with van der Waals surface area (Å²) in [6, 6.07) is 11.8. The highest BCUT2D eigenvalue weighted by molar-refractivity contribution is 6.38. The minimum absolute atomic E-state index is 0.00156. The molecule has 2 aromatic carbocycles. The van der Waals surface area contributed by atoms with Gasteiger partial charge in [-0.05, 0) is 84.6 Å². The van der Waals surface area contributed by atoms with E-state index >= 15 is 0 Å². The molecule has 6 aromatic rings. The van der Waals surface area contributed by atoms with Crippen molar-refractivity contribution in [2.45, 2.75) is 32.9 Å².